The second kappa shape index (κ2) is 5.61. The molecule has 0 spiro atoms. The number of halogens is 2. The fourth-order valence-electron chi connectivity index (χ4n) is 2.09. The first-order valence-corrected chi connectivity index (χ1v) is 8.07. The van der Waals surface area contributed by atoms with E-state index >= 15 is 0 Å². The lowest BCUT2D eigenvalue weighted by Crippen LogP contribution is -2.04. The monoisotopic (exact) mass is 355 g/mol. The first-order valence-electron chi connectivity index (χ1n) is 5.87. The molecular weight excluding hydrogens is 346 g/mol. The first-order chi connectivity index (χ1) is 9.28. The molecule has 0 bridgehead atoms. The number of imidazole rings is 1. The van der Waals surface area contributed by atoms with E-state index in [1.165, 1.54) is 0 Å². The van der Waals surface area contributed by atoms with Crippen LogP contribution in [0.4, 0.5) is 0 Å². The molecule has 0 aliphatic carbocycles. The molecule has 0 radical (unpaired) electrons. The standard InChI is InChI=1S/C13H11BrClN3S/c14-9-1-2-11-10(7-9)17-12(8-15)18(11)5-3-13-16-4-6-19-13/h1-2,4,6-7H,3,5,8H2. The maximum absolute atomic E-state index is 6.00. The Morgan fingerprint density at radius 2 is 2.26 bits per heavy atom. The van der Waals surface area contributed by atoms with Crippen molar-refractivity contribution in [3.05, 3.63) is 45.1 Å². The Hall–Kier alpha value is -0.910. The second-order valence-corrected chi connectivity index (χ2v) is 6.28. The maximum Gasteiger partial charge on any atom is 0.124 e. The zero-order valence-electron chi connectivity index (χ0n) is 10.0. The van der Waals surface area contributed by atoms with Gasteiger partial charge in [0.15, 0.2) is 0 Å². The molecule has 98 valence electrons. The predicted octanol–water partition coefficient (Wildman–Crippen LogP) is 4.24. The van der Waals surface area contributed by atoms with E-state index in [9.17, 15) is 0 Å². The van der Waals surface area contributed by atoms with Crippen LogP contribution in [-0.4, -0.2) is 14.5 Å². The van der Waals surface area contributed by atoms with Crippen LogP contribution in [0.1, 0.15) is 10.8 Å². The van der Waals surface area contributed by atoms with Crippen molar-refractivity contribution in [2.24, 2.45) is 0 Å². The number of aromatic nitrogens is 3. The van der Waals surface area contributed by atoms with Crippen molar-refractivity contribution < 1.29 is 0 Å². The van der Waals surface area contributed by atoms with E-state index in [0.717, 1.165) is 39.3 Å². The van der Waals surface area contributed by atoms with Gasteiger partial charge in [0.2, 0.25) is 0 Å². The fraction of sp³-hybridized carbons (Fsp3) is 0.231. The molecule has 3 rings (SSSR count). The van der Waals surface area contributed by atoms with Gasteiger partial charge in [0, 0.05) is 29.0 Å². The van der Waals surface area contributed by atoms with E-state index in [2.05, 4.69) is 36.5 Å². The normalized spacial score (nSPS) is 11.3. The minimum absolute atomic E-state index is 0.421. The van der Waals surface area contributed by atoms with Gasteiger partial charge >= 0.3 is 0 Å². The molecule has 6 heteroatoms. The third-order valence-electron chi connectivity index (χ3n) is 2.94. The molecule has 0 aliphatic heterocycles. The minimum atomic E-state index is 0.421. The van der Waals surface area contributed by atoms with Crippen LogP contribution in [0.25, 0.3) is 11.0 Å². The Bertz CT molecular complexity index is 693. The van der Waals surface area contributed by atoms with Crippen LogP contribution in [-0.2, 0) is 18.8 Å². The Kier molecular flexibility index (Phi) is 3.86. The van der Waals surface area contributed by atoms with Gasteiger partial charge in [0.05, 0.1) is 21.9 Å². The van der Waals surface area contributed by atoms with E-state index in [1.54, 1.807) is 11.3 Å². The number of hydrogen-bond acceptors (Lipinski definition) is 3. The van der Waals surface area contributed by atoms with Gasteiger partial charge in [-0.15, -0.1) is 22.9 Å². The highest BCUT2D eigenvalue weighted by Crippen LogP contribution is 2.22. The zero-order valence-corrected chi connectivity index (χ0v) is 13.2. The number of benzene rings is 1. The van der Waals surface area contributed by atoms with Crippen molar-refractivity contribution in [3.8, 4) is 0 Å². The molecule has 0 saturated carbocycles. The van der Waals surface area contributed by atoms with Crippen LogP contribution in [0.15, 0.2) is 34.2 Å². The second-order valence-electron chi connectivity index (χ2n) is 4.12. The maximum atomic E-state index is 6.00. The Labute approximate surface area is 128 Å². The van der Waals surface area contributed by atoms with Gasteiger partial charge in [-0.2, -0.15) is 0 Å². The highest BCUT2D eigenvalue weighted by molar-refractivity contribution is 9.10. The van der Waals surface area contributed by atoms with Crippen LogP contribution in [0.5, 0.6) is 0 Å². The molecular formula is C13H11BrClN3S. The van der Waals surface area contributed by atoms with E-state index in [-0.39, 0.29) is 0 Å². The predicted molar refractivity (Wildman–Crippen MR) is 82.8 cm³/mol. The molecule has 0 saturated heterocycles. The third kappa shape index (κ3) is 2.68. The third-order valence-corrected chi connectivity index (χ3v) is 4.51. The van der Waals surface area contributed by atoms with Gasteiger partial charge in [0.1, 0.15) is 5.82 Å². The summed E-state index contributed by atoms with van der Waals surface area (Å²) in [6.45, 7) is 0.855. The van der Waals surface area contributed by atoms with Gasteiger partial charge in [-0.25, -0.2) is 9.97 Å². The number of alkyl halides is 1. The smallest absolute Gasteiger partial charge is 0.124 e. The van der Waals surface area contributed by atoms with Crippen molar-refractivity contribution in [1.29, 1.82) is 0 Å². The van der Waals surface area contributed by atoms with Crippen molar-refractivity contribution >= 4 is 49.9 Å². The summed E-state index contributed by atoms with van der Waals surface area (Å²) in [5.41, 5.74) is 2.10. The topological polar surface area (TPSA) is 30.7 Å². The molecule has 3 aromatic rings. The van der Waals surface area contributed by atoms with Crippen molar-refractivity contribution in [3.63, 3.8) is 0 Å². The molecule has 3 nitrogen and oxygen atoms in total. The van der Waals surface area contributed by atoms with Crippen LogP contribution >= 0.6 is 38.9 Å². The van der Waals surface area contributed by atoms with E-state index in [4.69, 9.17) is 11.6 Å². The Balaban J connectivity index is 1.96. The van der Waals surface area contributed by atoms with E-state index in [0.29, 0.717) is 5.88 Å². The molecule has 0 amide bonds. The molecule has 0 fully saturated rings. The summed E-state index contributed by atoms with van der Waals surface area (Å²) < 4.78 is 3.21. The summed E-state index contributed by atoms with van der Waals surface area (Å²) >= 11 is 11.1. The summed E-state index contributed by atoms with van der Waals surface area (Å²) in [6.07, 6.45) is 2.74. The molecule has 19 heavy (non-hydrogen) atoms. The lowest BCUT2D eigenvalue weighted by Gasteiger charge is -2.06. The van der Waals surface area contributed by atoms with Crippen LogP contribution in [0, 0.1) is 0 Å². The van der Waals surface area contributed by atoms with Crippen molar-refractivity contribution in [2.45, 2.75) is 18.8 Å². The Morgan fingerprint density at radius 1 is 1.37 bits per heavy atom. The van der Waals surface area contributed by atoms with Crippen molar-refractivity contribution in [1.82, 2.24) is 14.5 Å². The van der Waals surface area contributed by atoms with Gasteiger partial charge in [-0.3, -0.25) is 0 Å². The highest BCUT2D eigenvalue weighted by atomic mass is 79.9. The minimum Gasteiger partial charge on any atom is -0.327 e. The number of thiazole rings is 1. The summed E-state index contributed by atoms with van der Waals surface area (Å²) in [5.74, 6) is 1.33. The molecule has 2 aromatic heterocycles. The van der Waals surface area contributed by atoms with Gasteiger partial charge < -0.3 is 4.57 Å². The number of rotatable bonds is 4. The van der Waals surface area contributed by atoms with Crippen LogP contribution in [0.3, 0.4) is 0 Å². The molecule has 2 heterocycles. The first kappa shape index (κ1) is 13.1. The zero-order chi connectivity index (χ0) is 13.2. The quantitative estimate of drug-likeness (QED) is 0.655. The number of fused-ring (bicyclic) bond motifs is 1. The average Bonchev–Trinajstić information content (AvgIpc) is 3.02. The lowest BCUT2D eigenvalue weighted by molar-refractivity contribution is 0.685. The molecule has 0 aliphatic rings. The number of nitrogens with zero attached hydrogens (tertiary/aromatic N) is 3. The highest BCUT2D eigenvalue weighted by Gasteiger charge is 2.10. The summed E-state index contributed by atoms with van der Waals surface area (Å²) in [4.78, 5) is 8.89. The summed E-state index contributed by atoms with van der Waals surface area (Å²) in [6, 6.07) is 6.12. The molecule has 0 unspecified atom stereocenters. The largest absolute Gasteiger partial charge is 0.327 e. The van der Waals surface area contributed by atoms with Crippen molar-refractivity contribution in [2.75, 3.05) is 0 Å². The average molecular weight is 357 g/mol. The number of hydrogen-bond donors (Lipinski definition) is 0. The SMILES string of the molecule is ClCc1nc2cc(Br)ccc2n1CCc1nccs1. The molecule has 0 N–H and O–H groups in total. The van der Waals surface area contributed by atoms with E-state index < -0.39 is 0 Å². The molecule has 0 atom stereocenters. The number of aryl methyl sites for hydroxylation is 2. The van der Waals surface area contributed by atoms with E-state index in [1.807, 2.05) is 23.7 Å². The van der Waals surface area contributed by atoms with Gasteiger partial charge in [0.25, 0.3) is 0 Å². The summed E-state index contributed by atoms with van der Waals surface area (Å²) in [5, 5.41) is 3.14. The Morgan fingerprint density at radius 3 is 3.00 bits per heavy atom. The van der Waals surface area contributed by atoms with Gasteiger partial charge in [-0.05, 0) is 18.2 Å². The van der Waals surface area contributed by atoms with Crippen LogP contribution in [0.2, 0.25) is 0 Å². The van der Waals surface area contributed by atoms with Gasteiger partial charge in [-0.1, -0.05) is 15.9 Å². The lowest BCUT2D eigenvalue weighted by atomic mass is 10.3. The molecule has 1 aromatic carbocycles. The fourth-order valence-corrected chi connectivity index (χ4v) is 3.25. The van der Waals surface area contributed by atoms with Crippen LogP contribution < -0.4 is 0 Å². The summed E-state index contributed by atoms with van der Waals surface area (Å²) in [7, 11) is 0.